The maximum Gasteiger partial charge on any atom is 0.271 e. The van der Waals surface area contributed by atoms with E-state index in [0.29, 0.717) is 18.8 Å². The molecule has 7 nitrogen and oxygen atoms in total. The van der Waals surface area contributed by atoms with Crippen molar-refractivity contribution in [2.45, 2.75) is 25.7 Å². The van der Waals surface area contributed by atoms with Crippen LogP contribution in [0.15, 0.2) is 47.5 Å². The lowest BCUT2D eigenvalue weighted by molar-refractivity contribution is 0.0706. The van der Waals surface area contributed by atoms with Crippen LogP contribution in [0.2, 0.25) is 0 Å². The molecule has 0 atom stereocenters. The Labute approximate surface area is 156 Å². The number of hydrogen-bond donors (Lipinski definition) is 2. The summed E-state index contributed by atoms with van der Waals surface area (Å²) in [5.41, 5.74) is 4.09. The predicted molar refractivity (Wildman–Crippen MR) is 101 cm³/mol. The number of H-pyrrole nitrogens is 2. The Hall–Kier alpha value is -3.22. The van der Waals surface area contributed by atoms with E-state index >= 15 is 0 Å². The first-order valence-electron chi connectivity index (χ1n) is 9.06. The van der Waals surface area contributed by atoms with Gasteiger partial charge in [0, 0.05) is 30.6 Å². The minimum Gasteiger partial charge on any atom is -0.337 e. The van der Waals surface area contributed by atoms with Crippen LogP contribution >= 0.6 is 0 Å². The Bertz CT molecular complexity index is 997. The minimum absolute atomic E-state index is 0.0434. The molecule has 1 fully saturated rings. The van der Waals surface area contributed by atoms with Gasteiger partial charge in [0.1, 0.15) is 5.69 Å². The van der Waals surface area contributed by atoms with Gasteiger partial charge in [0.05, 0.1) is 17.7 Å². The van der Waals surface area contributed by atoms with E-state index in [9.17, 15) is 9.59 Å². The van der Waals surface area contributed by atoms with Gasteiger partial charge in [0.25, 0.3) is 11.5 Å². The fraction of sp³-hybridized carbons (Fsp3) is 0.300. The molecule has 0 radical (unpaired) electrons. The van der Waals surface area contributed by atoms with E-state index in [1.54, 1.807) is 12.1 Å². The monoisotopic (exact) mass is 363 g/mol. The highest BCUT2D eigenvalue weighted by Crippen LogP contribution is 2.27. The Morgan fingerprint density at radius 3 is 2.59 bits per heavy atom. The number of carbonyl (C=O) groups excluding carboxylic acids is 1. The third-order valence-electron chi connectivity index (χ3n) is 5.06. The molecule has 0 aliphatic carbocycles. The third-order valence-corrected chi connectivity index (χ3v) is 5.06. The molecule has 1 aliphatic rings. The highest BCUT2D eigenvalue weighted by Gasteiger charge is 2.26. The van der Waals surface area contributed by atoms with Crippen molar-refractivity contribution in [2.24, 2.45) is 0 Å². The fourth-order valence-corrected chi connectivity index (χ4v) is 3.46. The topological polar surface area (TPSA) is 94.7 Å². The molecule has 2 aromatic heterocycles. The number of nitrogens with one attached hydrogen (secondary N) is 2. The SMILES string of the molecule is Cc1ccc(-c2cc(C(=O)N3CCC(c4cc(=O)[nH]cn4)CC3)[nH]n2)cc1. The maximum absolute atomic E-state index is 12.8. The molecule has 3 aromatic rings. The van der Waals surface area contributed by atoms with Gasteiger partial charge in [0.2, 0.25) is 0 Å². The average molecular weight is 363 g/mol. The van der Waals surface area contributed by atoms with Gasteiger partial charge < -0.3 is 9.88 Å². The van der Waals surface area contributed by atoms with Gasteiger partial charge in [-0.05, 0) is 25.8 Å². The van der Waals surface area contributed by atoms with Crippen LogP contribution in [-0.2, 0) is 0 Å². The number of aromatic nitrogens is 4. The molecule has 1 amide bonds. The van der Waals surface area contributed by atoms with Gasteiger partial charge in [0.15, 0.2) is 0 Å². The van der Waals surface area contributed by atoms with E-state index in [1.165, 1.54) is 11.9 Å². The van der Waals surface area contributed by atoms with Crippen LogP contribution in [0.1, 0.15) is 40.5 Å². The third kappa shape index (κ3) is 3.67. The predicted octanol–water partition coefficient (Wildman–Crippen LogP) is 2.49. The molecule has 1 aliphatic heterocycles. The second kappa shape index (κ2) is 7.19. The number of carbonyl (C=O) groups is 1. The van der Waals surface area contributed by atoms with Crippen molar-refractivity contribution in [1.82, 2.24) is 25.1 Å². The molecule has 0 unspecified atom stereocenters. The average Bonchev–Trinajstić information content (AvgIpc) is 3.18. The molecular weight excluding hydrogens is 342 g/mol. The molecule has 7 heteroatoms. The molecule has 1 saturated heterocycles. The first-order valence-corrected chi connectivity index (χ1v) is 9.06. The molecule has 27 heavy (non-hydrogen) atoms. The lowest BCUT2D eigenvalue weighted by Gasteiger charge is -2.31. The number of nitrogens with zero attached hydrogens (tertiary/aromatic N) is 3. The van der Waals surface area contributed by atoms with Gasteiger partial charge >= 0.3 is 0 Å². The van der Waals surface area contributed by atoms with E-state index in [4.69, 9.17) is 0 Å². The summed E-state index contributed by atoms with van der Waals surface area (Å²) in [6, 6.07) is 11.4. The van der Waals surface area contributed by atoms with Crippen molar-refractivity contribution < 1.29 is 4.79 Å². The van der Waals surface area contributed by atoms with Crippen molar-refractivity contribution >= 4 is 5.91 Å². The van der Waals surface area contributed by atoms with Crippen LogP contribution in [0.4, 0.5) is 0 Å². The summed E-state index contributed by atoms with van der Waals surface area (Å²) in [6.07, 6.45) is 3.02. The van der Waals surface area contributed by atoms with E-state index < -0.39 is 0 Å². The number of hydrogen-bond acceptors (Lipinski definition) is 4. The minimum atomic E-state index is -0.139. The van der Waals surface area contributed by atoms with E-state index in [2.05, 4.69) is 20.2 Å². The molecule has 1 aromatic carbocycles. The number of aryl methyl sites for hydroxylation is 1. The van der Waals surface area contributed by atoms with Crippen LogP contribution in [-0.4, -0.2) is 44.1 Å². The Balaban J connectivity index is 1.42. The summed E-state index contributed by atoms with van der Waals surface area (Å²) in [7, 11) is 0. The van der Waals surface area contributed by atoms with Crippen LogP contribution in [0.25, 0.3) is 11.3 Å². The fourth-order valence-electron chi connectivity index (χ4n) is 3.46. The van der Waals surface area contributed by atoms with Gasteiger partial charge in [-0.25, -0.2) is 4.98 Å². The zero-order chi connectivity index (χ0) is 18.8. The first kappa shape index (κ1) is 17.2. The van der Waals surface area contributed by atoms with Gasteiger partial charge in [-0.2, -0.15) is 5.10 Å². The molecule has 0 bridgehead atoms. The number of rotatable bonds is 3. The van der Waals surface area contributed by atoms with Crippen molar-refractivity contribution in [3.8, 4) is 11.3 Å². The number of aromatic amines is 2. The summed E-state index contributed by atoms with van der Waals surface area (Å²) >= 11 is 0. The zero-order valence-corrected chi connectivity index (χ0v) is 15.1. The highest BCUT2D eigenvalue weighted by molar-refractivity contribution is 5.93. The Morgan fingerprint density at radius 2 is 1.89 bits per heavy atom. The second-order valence-electron chi connectivity index (χ2n) is 6.94. The first-order chi connectivity index (χ1) is 13.1. The molecular formula is C20H21N5O2. The summed E-state index contributed by atoms with van der Waals surface area (Å²) in [6.45, 7) is 3.31. The van der Waals surface area contributed by atoms with E-state index in [1.807, 2.05) is 36.1 Å². The van der Waals surface area contributed by atoms with E-state index in [-0.39, 0.29) is 17.4 Å². The lowest BCUT2D eigenvalue weighted by atomic mass is 9.93. The maximum atomic E-state index is 12.8. The molecule has 3 heterocycles. The summed E-state index contributed by atoms with van der Waals surface area (Å²) in [4.78, 5) is 32.9. The number of amides is 1. The van der Waals surface area contributed by atoms with Gasteiger partial charge in [-0.3, -0.25) is 14.7 Å². The van der Waals surface area contributed by atoms with Crippen LogP contribution < -0.4 is 5.56 Å². The molecule has 138 valence electrons. The van der Waals surface area contributed by atoms with Crippen LogP contribution in [0.3, 0.4) is 0 Å². The van der Waals surface area contributed by atoms with E-state index in [0.717, 1.165) is 29.8 Å². The highest BCUT2D eigenvalue weighted by atomic mass is 16.2. The van der Waals surface area contributed by atoms with Gasteiger partial charge in [-0.1, -0.05) is 29.8 Å². The van der Waals surface area contributed by atoms with Crippen molar-refractivity contribution in [1.29, 1.82) is 0 Å². The van der Waals surface area contributed by atoms with Crippen LogP contribution in [0, 0.1) is 6.92 Å². The molecule has 0 saturated carbocycles. The van der Waals surface area contributed by atoms with Crippen LogP contribution in [0.5, 0.6) is 0 Å². The quantitative estimate of drug-likeness (QED) is 0.747. The Morgan fingerprint density at radius 1 is 1.15 bits per heavy atom. The van der Waals surface area contributed by atoms with Crippen molar-refractivity contribution in [2.75, 3.05) is 13.1 Å². The number of piperidine rings is 1. The molecule has 2 N–H and O–H groups in total. The lowest BCUT2D eigenvalue weighted by Crippen LogP contribution is -2.38. The summed E-state index contributed by atoms with van der Waals surface area (Å²) < 4.78 is 0. The molecule has 0 spiro atoms. The van der Waals surface area contributed by atoms with Crippen molar-refractivity contribution in [3.63, 3.8) is 0 Å². The van der Waals surface area contributed by atoms with Crippen molar-refractivity contribution in [3.05, 3.63) is 70.0 Å². The zero-order valence-electron chi connectivity index (χ0n) is 15.1. The van der Waals surface area contributed by atoms with Gasteiger partial charge in [-0.15, -0.1) is 0 Å². The molecule has 4 rings (SSSR count). The number of benzene rings is 1. The standard InChI is InChI=1S/C20H21N5O2/c1-13-2-4-14(5-3-13)17-10-18(24-23-17)20(27)25-8-6-15(7-9-25)16-11-19(26)22-12-21-16/h2-5,10-12,15H,6-9H2,1H3,(H,23,24)(H,21,22,26). The summed E-state index contributed by atoms with van der Waals surface area (Å²) in [5.74, 6) is 0.166. The summed E-state index contributed by atoms with van der Waals surface area (Å²) in [5, 5.41) is 7.15. The Kier molecular flexibility index (Phi) is 4.58. The largest absolute Gasteiger partial charge is 0.337 e. The second-order valence-corrected chi connectivity index (χ2v) is 6.94. The normalized spacial score (nSPS) is 15.1. The smallest absolute Gasteiger partial charge is 0.271 e. The number of likely N-dealkylation sites (tertiary alicyclic amines) is 1.